The average molecular weight is 321 g/mol. The molecule has 0 N–H and O–H groups in total. The van der Waals surface area contributed by atoms with E-state index >= 15 is 0 Å². The van der Waals surface area contributed by atoms with Gasteiger partial charge in [0.15, 0.2) is 0 Å². The Bertz CT molecular complexity index is 440. The summed E-state index contributed by atoms with van der Waals surface area (Å²) in [7, 11) is 0. The molecule has 0 aliphatic heterocycles. The molecule has 0 amide bonds. The standard InChI is InChI=1S/C21H36O2/c1-9-17(14-15(2)3)18-10-12-19(13-11-18)23-20(21(6,7)8)22-16(4)5/h10-13,15-17,20H,9,14H2,1-8H3. The summed E-state index contributed by atoms with van der Waals surface area (Å²) in [5.41, 5.74) is 1.35. The van der Waals surface area contributed by atoms with E-state index in [0.29, 0.717) is 5.92 Å². The van der Waals surface area contributed by atoms with Gasteiger partial charge < -0.3 is 9.47 Å². The summed E-state index contributed by atoms with van der Waals surface area (Å²) in [6, 6.07) is 8.59. The average Bonchev–Trinajstić information content (AvgIpc) is 2.43. The first kappa shape index (κ1) is 20.0. The smallest absolute Gasteiger partial charge is 0.204 e. The zero-order valence-corrected chi connectivity index (χ0v) is 16.3. The van der Waals surface area contributed by atoms with Crippen molar-refractivity contribution in [3.63, 3.8) is 0 Å². The molecule has 0 aliphatic carbocycles. The zero-order valence-electron chi connectivity index (χ0n) is 16.3. The van der Waals surface area contributed by atoms with Crippen LogP contribution in [0.5, 0.6) is 5.75 Å². The maximum atomic E-state index is 6.12. The summed E-state index contributed by atoms with van der Waals surface area (Å²) >= 11 is 0. The minimum absolute atomic E-state index is 0.0630. The lowest BCUT2D eigenvalue weighted by Crippen LogP contribution is -2.36. The number of rotatable bonds is 8. The summed E-state index contributed by atoms with van der Waals surface area (Å²) in [4.78, 5) is 0. The fourth-order valence-electron chi connectivity index (χ4n) is 2.71. The molecule has 1 aromatic rings. The zero-order chi connectivity index (χ0) is 17.6. The van der Waals surface area contributed by atoms with Gasteiger partial charge in [0.25, 0.3) is 0 Å². The Morgan fingerprint density at radius 3 is 1.91 bits per heavy atom. The molecule has 2 unspecified atom stereocenters. The van der Waals surface area contributed by atoms with Crippen LogP contribution in [0.2, 0.25) is 0 Å². The van der Waals surface area contributed by atoms with Crippen molar-refractivity contribution >= 4 is 0 Å². The highest BCUT2D eigenvalue weighted by molar-refractivity contribution is 5.29. The molecule has 1 rings (SSSR count). The van der Waals surface area contributed by atoms with Gasteiger partial charge in [-0.25, -0.2) is 0 Å². The minimum atomic E-state index is -0.244. The Morgan fingerprint density at radius 2 is 1.52 bits per heavy atom. The Kier molecular flexibility index (Phi) is 7.60. The fourth-order valence-corrected chi connectivity index (χ4v) is 2.71. The van der Waals surface area contributed by atoms with Gasteiger partial charge in [-0.2, -0.15) is 0 Å². The molecule has 132 valence electrons. The highest BCUT2D eigenvalue weighted by Crippen LogP contribution is 2.30. The molecule has 0 radical (unpaired) electrons. The van der Waals surface area contributed by atoms with Crippen LogP contribution in [0.4, 0.5) is 0 Å². The molecule has 0 spiro atoms. The molecule has 0 heterocycles. The molecular formula is C21H36O2. The molecule has 0 saturated heterocycles. The van der Waals surface area contributed by atoms with Gasteiger partial charge in [0, 0.05) is 5.41 Å². The third-order valence-electron chi connectivity index (χ3n) is 3.95. The number of hydrogen-bond acceptors (Lipinski definition) is 2. The van der Waals surface area contributed by atoms with E-state index in [1.54, 1.807) is 0 Å². The van der Waals surface area contributed by atoms with Gasteiger partial charge in [0.2, 0.25) is 6.29 Å². The summed E-state index contributed by atoms with van der Waals surface area (Å²) in [6.07, 6.45) is 2.32. The van der Waals surface area contributed by atoms with Crippen LogP contribution in [-0.2, 0) is 4.74 Å². The predicted molar refractivity (Wildman–Crippen MR) is 99.0 cm³/mol. The topological polar surface area (TPSA) is 18.5 Å². The molecule has 0 saturated carbocycles. The van der Waals surface area contributed by atoms with Crippen molar-refractivity contribution in [2.75, 3.05) is 0 Å². The van der Waals surface area contributed by atoms with Crippen LogP contribution in [0.15, 0.2) is 24.3 Å². The van der Waals surface area contributed by atoms with Crippen molar-refractivity contribution < 1.29 is 9.47 Å². The van der Waals surface area contributed by atoms with Gasteiger partial charge >= 0.3 is 0 Å². The van der Waals surface area contributed by atoms with Crippen LogP contribution in [-0.4, -0.2) is 12.4 Å². The van der Waals surface area contributed by atoms with E-state index in [1.165, 1.54) is 18.4 Å². The first-order chi connectivity index (χ1) is 10.6. The fraction of sp³-hybridized carbons (Fsp3) is 0.714. The number of benzene rings is 1. The van der Waals surface area contributed by atoms with E-state index in [0.717, 1.165) is 11.7 Å². The summed E-state index contributed by atoms with van der Waals surface area (Å²) in [5.74, 6) is 2.24. The van der Waals surface area contributed by atoms with Gasteiger partial charge in [-0.15, -0.1) is 0 Å². The molecule has 23 heavy (non-hydrogen) atoms. The third kappa shape index (κ3) is 6.95. The van der Waals surface area contributed by atoms with E-state index in [9.17, 15) is 0 Å². The van der Waals surface area contributed by atoms with Crippen molar-refractivity contribution in [2.24, 2.45) is 11.3 Å². The van der Waals surface area contributed by atoms with Gasteiger partial charge in [-0.1, -0.05) is 53.7 Å². The van der Waals surface area contributed by atoms with Crippen LogP contribution in [0.3, 0.4) is 0 Å². The molecule has 0 fully saturated rings. The van der Waals surface area contributed by atoms with Gasteiger partial charge in [0.1, 0.15) is 5.75 Å². The maximum absolute atomic E-state index is 6.12. The summed E-state index contributed by atoms with van der Waals surface area (Å²) in [5, 5.41) is 0. The number of hydrogen-bond donors (Lipinski definition) is 0. The largest absolute Gasteiger partial charge is 0.464 e. The second kappa shape index (κ2) is 8.73. The van der Waals surface area contributed by atoms with Crippen molar-refractivity contribution in [1.29, 1.82) is 0 Å². The molecule has 0 aromatic heterocycles. The van der Waals surface area contributed by atoms with Crippen molar-refractivity contribution in [1.82, 2.24) is 0 Å². The molecule has 0 aliphatic rings. The molecule has 2 atom stereocenters. The van der Waals surface area contributed by atoms with Crippen LogP contribution in [0, 0.1) is 11.3 Å². The second-order valence-corrected chi connectivity index (χ2v) is 8.30. The molecule has 2 nitrogen and oxygen atoms in total. The van der Waals surface area contributed by atoms with Crippen molar-refractivity contribution in [3.05, 3.63) is 29.8 Å². The van der Waals surface area contributed by atoms with Crippen LogP contribution < -0.4 is 4.74 Å². The molecule has 1 aromatic carbocycles. The van der Waals surface area contributed by atoms with E-state index in [2.05, 4.69) is 65.8 Å². The summed E-state index contributed by atoms with van der Waals surface area (Å²) in [6.45, 7) is 17.4. The van der Waals surface area contributed by atoms with Crippen LogP contribution >= 0.6 is 0 Å². The van der Waals surface area contributed by atoms with E-state index in [1.807, 2.05) is 13.8 Å². The predicted octanol–water partition coefficient (Wildman–Crippen LogP) is 6.40. The molecular weight excluding hydrogens is 284 g/mol. The first-order valence-corrected chi connectivity index (χ1v) is 9.05. The molecule has 0 bridgehead atoms. The normalized spacial score (nSPS) is 15.0. The summed E-state index contributed by atoms with van der Waals surface area (Å²) < 4.78 is 12.1. The second-order valence-electron chi connectivity index (χ2n) is 8.30. The Labute approximate surface area is 143 Å². The van der Waals surface area contributed by atoms with Gasteiger partial charge in [-0.3, -0.25) is 0 Å². The highest BCUT2D eigenvalue weighted by atomic mass is 16.7. The Balaban J connectivity index is 2.82. The van der Waals surface area contributed by atoms with Gasteiger partial charge in [-0.05, 0) is 56.2 Å². The first-order valence-electron chi connectivity index (χ1n) is 9.05. The minimum Gasteiger partial charge on any atom is -0.464 e. The SMILES string of the molecule is CCC(CC(C)C)c1ccc(OC(OC(C)C)C(C)(C)C)cc1. The van der Waals surface area contributed by atoms with E-state index in [-0.39, 0.29) is 17.8 Å². The lowest BCUT2D eigenvalue weighted by atomic mass is 9.88. The highest BCUT2D eigenvalue weighted by Gasteiger charge is 2.28. The van der Waals surface area contributed by atoms with E-state index in [4.69, 9.17) is 9.47 Å². The van der Waals surface area contributed by atoms with Crippen LogP contribution in [0.1, 0.15) is 79.7 Å². The maximum Gasteiger partial charge on any atom is 0.204 e. The van der Waals surface area contributed by atoms with Crippen molar-refractivity contribution in [2.45, 2.75) is 86.5 Å². The number of ether oxygens (including phenoxy) is 2. The third-order valence-corrected chi connectivity index (χ3v) is 3.95. The van der Waals surface area contributed by atoms with Gasteiger partial charge in [0.05, 0.1) is 6.10 Å². The lowest BCUT2D eigenvalue weighted by Gasteiger charge is -2.32. The monoisotopic (exact) mass is 320 g/mol. The Hall–Kier alpha value is -1.02. The van der Waals surface area contributed by atoms with Crippen LogP contribution in [0.25, 0.3) is 0 Å². The lowest BCUT2D eigenvalue weighted by molar-refractivity contribution is -0.162. The quantitative estimate of drug-likeness (QED) is 0.516. The van der Waals surface area contributed by atoms with E-state index < -0.39 is 0 Å². The van der Waals surface area contributed by atoms with Crippen molar-refractivity contribution in [3.8, 4) is 5.75 Å². The molecule has 2 heteroatoms. The Morgan fingerprint density at radius 1 is 0.957 bits per heavy atom.